The van der Waals surface area contributed by atoms with Crippen molar-refractivity contribution in [3.63, 3.8) is 0 Å². The molecule has 6 N–H and O–H groups in total. The zero-order chi connectivity index (χ0) is 30.0. The maximum absolute atomic E-state index is 14.1. The number of nitrogens with two attached hydrogens (primary N) is 2. The molecule has 0 heterocycles. The number of hydrogen-bond acceptors (Lipinski definition) is 5. The van der Waals surface area contributed by atoms with Crippen molar-refractivity contribution >= 4 is 17.7 Å². The van der Waals surface area contributed by atoms with Crippen LogP contribution in [0.15, 0.2) is 41.5 Å². The van der Waals surface area contributed by atoms with E-state index in [1.54, 1.807) is 24.0 Å². The zero-order valence-electron chi connectivity index (χ0n) is 24.6. The Labute approximate surface area is 238 Å². The van der Waals surface area contributed by atoms with Crippen LogP contribution in [-0.4, -0.2) is 60.0 Å². The molecule has 1 aromatic rings. The van der Waals surface area contributed by atoms with Gasteiger partial charge < -0.3 is 26.8 Å². The average molecular weight is 559 g/mol. The van der Waals surface area contributed by atoms with Crippen molar-refractivity contribution in [3.05, 3.63) is 58.4 Å². The van der Waals surface area contributed by atoms with Crippen LogP contribution in [0.4, 0.5) is 4.39 Å². The second kappa shape index (κ2) is 15.1. The van der Waals surface area contributed by atoms with E-state index in [4.69, 9.17) is 11.5 Å². The molecular formula is C31H47FN4O4. The Bertz CT molecular complexity index is 1110. The molecule has 1 aliphatic carbocycles. The molecule has 3 atom stereocenters. The van der Waals surface area contributed by atoms with E-state index >= 15 is 0 Å². The van der Waals surface area contributed by atoms with Crippen LogP contribution in [0.3, 0.4) is 0 Å². The summed E-state index contributed by atoms with van der Waals surface area (Å²) in [4.78, 5) is 41.2. The summed E-state index contributed by atoms with van der Waals surface area (Å²) in [5, 5.41) is 14.8. The number of carbonyl (C=O) groups excluding carboxylic acids is 3. The quantitative estimate of drug-likeness (QED) is 0.231. The van der Waals surface area contributed by atoms with E-state index in [0.29, 0.717) is 36.7 Å². The predicted octanol–water partition coefficient (Wildman–Crippen LogP) is 3.15. The summed E-state index contributed by atoms with van der Waals surface area (Å²) in [6.45, 7) is 11.6. The van der Waals surface area contributed by atoms with Gasteiger partial charge in [-0.1, -0.05) is 45.9 Å². The average Bonchev–Trinajstić information content (AvgIpc) is 2.90. The van der Waals surface area contributed by atoms with Gasteiger partial charge in [-0.25, -0.2) is 4.39 Å². The SMILES string of the molecule is CCCN(CCC)C(=O)C1=CC(C(N)=O)=CC(C(N)=O)([C@H](Cc2ccc(F)c(C)c2)[C@@H](O)CNCCC(C)C)C1. The van der Waals surface area contributed by atoms with Crippen molar-refractivity contribution < 1.29 is 23.9 Å². The lowest BCUT2D eigenvalue weighted by molar-refractivity contribution is -0.132. The first kappa shape index (κ1) is 33.2. The molecule has 0 radical (unpaired) electrons. The number of nitrogens with zero attached hydrogens (tertiary/aromatic N) is 1. The van der Waals surface area contributed by atoms with Crippen LogP contribution in [0, 0.1) is 30.0 Å². The summed E-state index contributed by atoms with van der Waals surface area (Å²) in [7, 11) is 0. The van der Waals surface area contributed by atoms with Crippen molar-refractivity contribution in [3.8, 4) is 0 Å². The number of hydrogen-bond donors (Lipinski definition) is 4. The van der Waals surface area contributed by atoms with E-state index in [1.165, 1.54) is 18.2 Å². The molecule has 222 valence electrons. The van der Waals surface area contributed by atoms with Gasteiger partial charge in [-0.2, -0.15) is 0 Å². The third-order valence-corrected chi connectivity index (χ3v) is 7.57. The molecule has 8 nitrogen and oxygen atoms in total. The molecular weight excluding hydrogens is 511 g/mol. The monoisotopic (exact) mass is 558 g/mol. The van der Waals surface area contributed by atoms with Gasteiger partial charge in [0.1, 0.15) is 5.82 Å². The number of nitrogens with one attached hydrogen (secondary N) is 1. The van der Waals surface area contributed by atoms with Crippen molar-refractivity contribution in [2.45, 2.75) is 72.8 Å². The molecule has 0 spiro atoms. The summed E-state index contributed by atoms with van der Waals surface area (Å²) < 4.78 is 14.1. The second-order valence-electron chi connectivity index (χ2n) is 11.4. The van der Waals surface area contributed by atoms with E-state index in [9.17, 15) is 23.9 Å². The molecule has 0 saturated carbocycles. The summed E-state index contributed by atoms with van der Waals surface area (Å²) in [6.07, 6.45) is 4.25. The van der Waals surface area contributed by atoms with E-state index in [-0.39, 0.29) is 42.3 Å². The minimum atomic E-state index is -1.59. The maximum Gasteiger partial charge on any atom is 0.249 e. The largest absolute Gasteiger partial charge is 0.391 e. The zero-order valence-corrected chi connectivity index (χ0v) is 24.6. The fraction of sp³-hybridized carbons (Fsp3) is 0.581. The van der Waals surface area contributed by atoms with Gasteiger partial charge in [-0.15, -0.1) is 0 Å². The van der Waals surface area contributed by atoms with E-state index in [0.717, 1.165) is 19.3 Å². The van der Waals surface area contributed by atoms with Crippen molar-refractivity contribution in [2.24, 2.45) is 28.7 Å². The lowest BCUT2D eigenvalue weighted by atomic mass is 9.63. The fourth-order valence-corrected chi connectivity index (χ4v) is 5.37. The highest BCUT2D eigenvalue weighted by Crippen LogP contribution is 2.44. The molecule has 2 rings (SSSR count). The first-order valence-corrected chi connectivity index (χ1v) is 14.3. The first-order chi connectivity index (χ1) is 18.9. The topological polar surface area (TPSA) is 139 Å². The van der Waals surface area contributed by atoms with Crippen LogP contribution in [-0.2, 0) is 20.8 Å². The number of benzene rings is 1. The van der Waals surface area contributed by atoms with E-state index < -0.39 is 29.3 Å². The highest BCUT2D eigenvalue weighted by atomic mass is 19.1. The van der Waals surface area contributed by atoms with Gasteiger partial charge in [0.05, 0.1) is 11.5 Å². The third-order valence-electron chi connectivity index (χ3n) is 7.57. The normalized spacial score (nSPS) is 18.6. The molecule has 40 heavy (non-hydrogen) atoms. The number of carbonyl (C=O) groups is 3. The third kappa shape index (κ3) is 8.48. The van der Waals surface area contributed by atoms with Gasteiger partial charge >= 0.3 is 0 Å². The number of aliphatic hydroxyl groups excluding tert-OH is 1. The molecule has 1 aliphatic rings. The Balaban J connectivity index is 2.61. The minimum Gasteiger partial charge on any atom is -0.391 e. The smallest absolute Gasteiger partial charge is 0.249 e. The highest BCUT2D eigenvalue weighted by Gasteiger charge is 2.49. The number of halogens is 1. The number of amides is 3. The highest BCUT2D eigenvalue weighted by molar-refractivity contribution is 6.03. The standard InChI is InChI=1S/C31H47FN4O4/c1-6-12-36(13-7-2)29(39)24-16-23(28(33)38)17-31(18-24,30(34)40)25(27(37)19-35-11-10-20(3)4)15-22-8-9-26(32)21(5)14-22/h8-9,14,16-17,20,25,27,35,37H,6-7,10-13,15,18-19H2,1-5H3,(H2,33,38)(H2,34,40)/t25-,27+,31?/m1/s1. The first-order valence-electron chi connectivity index (χ1n) is 14.3. The fourth-order valence-electron chi connectivity index (χ4n) is 5.37. The van der Waals surface area contributed by atoms with Gasteiger partial charge in [-0.3, -0.25) is 14.4 Å². The summed E-state index contributed by atoms with van der Waals surface area (Å²) in [5.41, 5.74) is 11.6. The van der Waals surface area contributed by atoms with Crippen LogP contribution < -0.4 is 16.8 Å². The van der Waals surface area contributed by atoms with Crippen LogP contribution >= 0.6 is 0 Å². The Morgan fingerprint density at radius 2 is 1.80 bits per heavy atom. The molecule has 1 unspecified atom stereocenters. The van der Waals surface area contributed by atoms with Gasteiger partial charge in [0.25, 0.3) is 0 Å². The van der Waals surface area contributed by atoms with E-state index in [1.807, 2.05) is 13.8 Å². The van der Waals surface area contributed by atoms with Crippen LogP contribution in [0.5, 0.6) is 0 Å². The number of aryl methyl sites for hydroxylation is 1. The second-order valence-corrected chi connectivity index (χ2v) is 11.4. The molecule has 0 aliphatic heterocycles. The number of primary amides is 2. The Morgan fingerprint density at radius 1 is 1.15 bits per heavy atom. The number of aliphatic hydroxyl groups is 1. The van der Waals surface area contributed by atoms with Gasteiger partial charge in [0.15, 0.2) is 0 Å². The van der Waals surface area contributed by atoms with E-state index in [2.05, 4.69) is 19.2 Å². The van der Waals surface area contributed by atoms with Gasteiger partial charge in [0, 0.05) is 36.7 Å². The molecule has 0 aromatic heterocycles. The molecule has 3 amide bonds. The Hall–Kier alpha value is -3.04. The lowest BCUT2D eigenvalue weighted by Crippen LogP contribution is -2.52. The minimum absolute atomic E-state index is 0.00148. The Kier molecular flexibility index (Phi) is 12.5. The molecule has 0 saturated heterocycles. The van der Waals surface area contributed by atoms with Crippen molar-refractivity contribution in [1.82, 2.24) is 10.2 Å². The van der Waals surface area contributed by atoms with Gasteiger partial charge in [-0.05, 0) is 74.8 Å². The Morgan fingerprint density at radius 3 is 2.33 bits per heavy atom. The molecule has 1 aromatic carbocycles. The molecule has 0 bridgehead atoms. The molecule has 9 heteroatoms. The lowest BCUT2D eigenvalue weighted by Gasteiger charge is -2.42. The molecule has 0 fully saturated rings. The summed E-state index contributed by atoms with van der Waals surface area (Å²) in [5.74, 6) is -2.59. The van der Waals surface area contributed by atoms with Crippen LogP contribution in [0.25, 0.3) is 0 Å². The van der Waals surface area contributed by atoms with Crippen molar-refractivity contribution in [1.29, 1.82) is 0 Å². The van der Waals surface area contributed by atoms with Gasteiger partial charge in [0.2, 0.25) is 17.7 Å². The number of rotatable bonds is 16. The summed E-state index contributed by atoms with van der Waals surface area (Å²) in [6, 6.07) is 4.62. The predicted molar refractivity (Wildman–Crippen MR) is 155 cm³/mol. The van der Waals surface area contributed by atoms with Crippen LogP contribution in [0.2, 0.25) is 0 Å². The maximum atomic E-state index is 14.1. The van der Waals surface area contributed by atoms with Crippen LogP contribution in [0.1, 0.15) is 64.5 Å². The van der Waals surface area contributed by atoms with Crippen molar-refractivity contribution in [2.75, 3.05) is 26.2 Å². The summed E-state index contributed by atoms with van der Waals surface area (Å²) >= 11 is 0.